The fraction of sp³-hybridized carbons (Fsp3) is 0.625. The quantitative estimate of drug-likeness (QED) is 0.643. The summed E-state index contributed by atoms with van der Waals surface area (Å²) in [5.41, 5.74) is 6.56. The van der Waals surface area contributed by atoms with Gasteiger partial charge in [-0.05, 0) is 19.9 Å². The summed E-state index contributed by atoms with van der Waals surface area (Å²) in [6.45, 7) is 3.68. The van der Waals surface area contributed by atoms with E-state index >= 15 is 0 Å². The minimum atomic E-state index is 0.726. The van der Waals surface area contributed by atoms with Gasteiger partial charge in [-0.25, -0.2) is 0 Å². The molecule has 0 spiro atoms. The Balaban J connectivity index is 2.50. The lowest BCUT2D eigenvalue weighted by atomic mass is 10.3. The van der Waals surface area contributed by atoms with Crippen molar-refractivity contribution in [1.82, 2.24) is 9.78 Å². The summed E-state index contributed by atoms with van der Waals surface area (Å²) in [6, 6.07) is 0. The number of aryl methyl sites for hydroxylation is 2. The smallest absolute Gasteiger partial charge is 0.126 e. The van der Waals surface area contributed by atoms with Crippen molar-refractivity contribution in [2.24, 2.45) is 12.8 Å². The number of hydrogen-bond acceptors (Lipinski definition) is 3. The second kappa shape index (κ2) is 4.11. The Morgan fingerprint density at radius 1 is 1.67 bits per heavy atom. The molecule has 3 N–H and O–H groups in total. The molecule has 0 saturated heterocycles. The maximum atomic E-state index is 5.38. The van der Waals surface area contributed by atoms with Crippen molar-refractivity contribution in [3.63, 3.8) is 0 Å². The highest BCUT2D eigenvalue weighted by molar-refractivity contribution is 5.42. The molecule has 1 heterocycles. The normalized spacial score (nSPS) is 10.2. The first-order chi connectivity index (χ1) is 5.75. The van der Waals surface area contributed by atoms with E-state index in [-0.39, 0.29) is 0 Å². The third-order valence-electron chi connectivity index (χ3n) is 1.80. The number of nitrogens with one attached hydrogen (secondary N) is 1. The van der Waals surface area contributed by atoms with E-state index < -0.39 is 0 Å². The van der Waals surface area contributed by atoms with E-state index in [1.807, 2.05) is 24.9 Å². The molecule has 0 atom stereocenters. The van der Waals surface area contributed by atoms with Crippen LogP contribution in [0, 0.1) is 6.92 Å². The predicted octanol–water partition coefficient (Wildman–Crippen LogP) is 0.489. The molecule has 1 rings (SSSR count). The van der Waals surface area contributed by atoms with Gasteiger partial charge in [-0.2, -0.15) is 5.10 Å². The van der Waals surface area contributed by atoms with Crippen molar-refractivity contribution in [3.05, 3.63) is 11.8 Å². The van der Waals surface area contributed by atoms with E-state index in [9.17, 15) is 0 Å². The number of aromatic nitrogens is 2. The molecule has 0 amide bonds. The predicted molar refractivity (Wildman–Crippen MR) is 50.1 cm³/mol. The summed E-state index contributed by atoms with van der Waals surface area (Å²) in [7, 11) is 1.93. The molecule has 1 aromatic rings. The minimum absolute atomic E-state index is 0.726. The molecule has 0 unspecified atom stereocenters. The van der Waals surface area contributed by atoms with Crippen LogP contribution < -0.4 is 11.1 Å². The van der Waals surface area contributed by atoms with Gasteiger partial charge < -0.3 is 11.1 Å². The van der Waals surface area contributed by atoms with Crippen LogP contribution in [0.3, 0.4) is 0 Å². The van der Waals surface area contributed by atoms with Crippen molar-refractivity contribution in [1.29, 1.82) is 0 Å². The van der Waals surface area contributed by atoms with Crippen LogP contribution in [0.1, 0.15) is 12.0 Å². The first-order valence-corrected chi connectivity index (χ1v) is 4.18. The molecule has 0 aliphatic rings. The van der Waals surface area contributed by atoms with Crippen molar-refractivity contribution in [2.75, 3.05) is 18.4 Å². The molecule has 0 saturated carbocycles. The molecule has 12 heavy (non-hydrogen) atoms. The van der Waals surface area contributed by atoms with E-state index in [4.69, 9.17) is 5.73 Å². The third-order valence-corrected chi connectivity index (χ3v) is 1.80. The number of nitrogens with two attached hydrogens (primary N) is 1. The Kier molecular flexibility index (Phi) is 3.10. The fourth-order valence-electron chi connectivity index (χ4n) is 1.11. The Bertz CT molecular complexity index is 222. The third kappa shape index (κ3) is 1.98. The molecule has 0 bridgehead atoms. The highest BCUT2D eigenvalue weighted by Gasteiger charge is 2.01. The van der Waals surface area contributed by atoms with Gasteiger partial charge in [-0.15, -0.1) is 0 Å². The topological polar surface area (TPSA) is 55.9 Å². The monoisotopic (exact) mass is 168 g/mol. The maximum Gasteiger partial charge on any atom is 0.126 e. The fourth-order valence-corrected chi connectivity index (χ4v) is 1.11. The van der Waals surface area contributed by atoms with Crippen molar-refractivity contribution >= 4 is 5.82 Å². The summed E-state index contributed by atoms with van der Waals surface area (Å²) >= 11 is 0. The van der Waals surface area contributed by atoms with Crippen LogP contribution in [0.25, 0.3) is 0 Å². The highest BCUT2D eigenvalue weighted by Crippen LogP contribution is 2.11. The van der Waals surface area contributed by atoms with E-state index in [0.29, 0.717) is 0 Å². The molecule has 4 nitrogen and oxygen atoms in total. The molecule has 0 fully saturated rings. The van der Waals surface area contributed by atoms with Gasteiger partial charge in [0.15, 0.2) is 0 Å². The Morgan fingerprint density at radius 2 is 2.42 bits per heavy atom. The lowest BCUT2D eigenvalue weighted by molar-refractivity contribution is 0.761. The van der Waals surface area contributed by atoms with Gasteiger partial charge in [0.2, 0.25) is 0 Å². The van der Waals surface area contributed by atoms with Crippen molar-refractivity contribution < 1.29 is 0 Å². The van der Waals surface area contributed by atoms with Gasteiger partial charge in [0.1, 0.15) is 5.82 Å². The summed E-state index contributed by atoms with van der Waals surface area (Å²) in [5.74, 6) is 1.09. The second-order valence-corrected chi connectivity index (χ2v) is 2.87. The average Bonchev–Trinajstić information content (AvgIpc) is 2.35. The Hall–Kier alpha value is -1.03. The molecule has 0 aliphatic carbocycles. The number of nitrogens with zero attached hydrogens (tertiary/aromatic N) is 2. The van der Waals surface area contributed by atoms with Crippen LogP contribution in [0.5, 0.6) is 0 Å². The first-order valence-electron chi connectivity index (χ1n) is 4.18. The lowest BCUT2D eigenvalue weighted by Gasteiger charge is -2.06. The molecular weight excluding hydrogens is 152 g/mol. The first kappa shape index (κ1) is 9.06. The second-order valence-electron chi connectivity index (χ2n) is 2.87. The number of hydrogen-bond donors (Lipinski definition) is 2. The summed E-state index contributed by atoms with van der Waals surface area (Å²) in [6.07, 6.45) is 2.84. The zero-order valence-corrected chi connectivity index (χ0v) is 7.67. The minimum Gasteiger partial charge on any atom is -0.370 e. The van der Waals surface area contributed by atoms with Crippen LogP contribution in [0.15, 0.2) is 6.20 Å². The largest absolute Gasteiger partial charge is 0.370 e. The zero-order chi connectivity index (χ0) is 8.97. The van der Waals surface area contributed by atoms with Gasteiger partial charge in [0.25, 0.3) is 0 Å². The van der Waals surface area contributed by atoms with E-state index in [1.54, 1.807) is 0 Å². The van der Waals surface area contributed by atoms with Crippen LogP contribution in [-0.2, 0) is 7.05 Å². The SMILES string of the molecule is Cc1cnn(C)c1NCCCN. The van der Waals surface area contributed by atoms with Crippen molar-refractivity contribution in [3.8, 4) is 0 Å². The molecule has 0 aliphatic heterocycles. The van der Waals surface area contributed by atoms with Gasteiger partial charge in [-0.3, -0.25) is 4.68 Å². The maximum absolute atomic E-state index is 5.38. The van der Waals surface area contributed by atoms with Crippen LogP contribution in [0.4, 0.5) is 5.82 Å². The van der Waals surface area contributed by atoms with Crippen LogP contribution in [-0.4, -0.2) is 22.9 Å². The van der Waals surface area contributed by atoms with Gasteiger partial charge >= 0.3 is 0 Å². The van der Waals surface area contributed by atoms with Gasteiger partial charge in [0, 0.05) is 19.2 Å². The molecule has 68 valence electrons. The van der Waals surface area contributed by atoms with Crippen LogP contribution >= 0.6 is 0 Å². The highest BCUT2D eigenvalue weighted by atomic mass is 15.3. The molecule has 4 heteroatoms. The Morgan fingerprint density at radius 3 is 2.92 bits per heavy atom. The number of rotatable bonds is 4. The zero-order valence-electron chi connectivity index (χ0n) is 7.67. The van der Waals surface area contributed by atoms with Gasteiger partial charge in [0.05, 0.1) is 6.20 Å². The number of anilines is 1. The standard InChI is InChI=1S/C8H16N4/c1-7-6-11-12(2)8(7)10-5-3-4-9/h6,10H,3-5,9H2,1-2H3. The van der Waals surface area contributed by atoms with Gasteiger partial charge in [-0.1, -0.05) is 0 Å². The average molecular weight is 168 g/mol. The van der Waals surface area contributed by atoms with E-state index in [0.717, 1.165) is 25.3 Å². The molecular formula is C8H16N4. The summed E-state index contributed by atoms with van der Waals surface area (Å²) in [4.78, 5) is 0. The Labute approximate surface area is 72.8 Å². The summed E-state index contributed by atoms with van der Waals surface area (Å²) < 4.78 is 1.84. The lowest BCUT2D eigenvalue weighted by Crippen LogP contribution is -2.11. The van der Waals surface area contributed by atoms with E-state index in [2.05, 4.69) is 10.4 Å². The summed E-state index contributed by atoms with van der Waals surface area (Å²) in [5, 5.41) is 7.40. The molecule has 0 radical (unpaired) electrons. The van der Waals surface area contributed by atoms with Crippen LogP contribution in [0.2, 0.25) is 0 Å². The van der Waals surface area contributed by atoms with Crippen molar-refractivity contribution in [2.45, 2.75) is 13.3 Å². The van der Waals surface area contributed by atoms with E-state index in [1.165, 1.54) is 5.56 Å². The molecule has 1 aromatic heterocycles. The molecule has 0 aromatic carbocycles.